The van der Waals surface area contributed by atoms with Crippen molar-refractivity contribution in [1.29, 1.82) is 0 Å². The molecule has 1 aliphatic heterocycles. The molecule has 19 heavy (non-hydrogen) atoms. The number of aliphatic hydroxyl groups excluding tert-OH is 1. The average molecular weight is 286 g/mol. The van der Waals surface area contributed by atoms with Gasteiger partial charge in [-0.05, 0) is 19.9 Å². The van der Waals surface area contributed by atoms with Crippen LogP contribution in [-0.2, 0) is 16.0 Å². The number of ether oxygens (including phenoxy) is 2. The van der Waals surface area contributed by atoms with E-state index in [1.807, 2.05) is 17.9 Å². The highest BCUT2D eigenvalue weighted by Gasteiger charge is 2.16. The fraction of sp³-hybridized carbons (Fsp3) is 0.769. The Morgan fingerprint density at radius 3 is 3.26 bits per heavy atom. The Morgan fingerprint density at radius 1 is 1.68 bits per heavy atom. The van der Waals surface area contributed by atoms with Crippen LogP contribution in [0.1, 0.15) is 18.5 Å². The van der Waals surface area contributed by atoms with Crippen LogP contribution in [-0.4, -0.2) is 60.6 Å². The van der Waals surface area contributed by atoms with Gasteiger partial charge >= 0.3 is 0 Å². The van der Waals surface area contributed by atoms with Crippen LogP contribution in [0, 0.1) is 0 Å². The largest absolute Gasteiger partial charge is 0.389 e. The lowest BCUT2D eigenvalue weighted by Gasteiger charge is -2.20. The highest BCUT2D eigenvalue weighted by Crippen LogP contribution is 2.12. The third-order valence-electron chi connectivity index (χ3n) is 3.08. The zero-order valence-electron chi connectivity index (χ0n) is 11.3. The van der Waals surface area contributed by atoms with Crippen molar-refractivity contribution in [3.63, 3.8) is 0 Å². The van der Waals surface area contributed by atoms with Crippen LogP contribution in [0.25, 0.3) is 0 Å². The van der Waals surface area contributed by atoms with Crippen LogP contribution in [0.4, 0.5) is 0 Å². The summed E-state index contributed by atoms with van der Waals surface area (Å²) in [6, 6.07) is 0. The summed E-state index contributed by atoms with van der Waals surface area (Å²) >= 11 is 1.59. The minimum Gasteiger partial charge on any atom is -0.389 e. The minimum atomic E-state index is -0.468. The summed E-state index contributed by atoms with van der Waals surface area (Å²) < 4.78 is 11.0. The number of likely N-dealkylation sites (N-methyl/N-ethyl adjacent to an activating group) is 1. The van der Waals surface area contributed by atoms with E-state index in [1.165, 1.54) is 0 Å². The molecule has 0 unspecified atom stereocenters. The molecule has 2 heterocycles. The SMILES string of the molecule is CN(Cc1cscn1)C[C@H](O)COC[C@H]1CCCO1. The van der Waals surface area contributed by atoms with E-state index in [9.17, 15) is 5.11 Å². The molecule has 1 aromatic heterocycles. The summed E-state index contributed by atoms with van der Waals surface area (Å²) in [5.41, 5.74) is 2.87. The molecular weight excluding hydrogens is 264 g/mol. The normalized spacial score (nSPS) is 21.1. The van der Waals surface area contributed by atoms with Crippen molar-refractivity contribution < 1.29 is 14.6 Å². The fourth-order valence-corrected chi connectivity index (χ4v) is 2.73. The molecule has 1 aliphatic rings. The zero-order chi connectivity index (χ0) is 13.5. The van der Waals surface area contributed by atoms with Crippen molar-refractivity contribution in [3.8, 4) is 0 Å². The van der Waals surface area contributed by atoms with E-state index in [-0.39, 0.29) is 6.10 Å². The Bertz CT molecular complexity index is 342. The van der Waals surface area contributed by atoms with Crippen LogP contribution in [0.2, 0.25) is 0 Å². The smallest absolute Gasteiger partial charge is 0.0900 e. The van der Waals surface area contributed by atoms with Gasteiger partial charge in [0.25, 0.3) is 0 Å². The number of rotatable bonds is 8. The molecule has 108 valence electrons. The fourth-order valence-electron chi connectivity index (χ4n) is 2.18. The summed E-state index contributed by atoms with van der Waals surface area (Å²) in [6.07, 6.45) is 1.94. The van der Waals surface area contributed by atoms with Gasteiger partial charge in [-0.1, -0.05) is 0 Å². The number of nitrogens with zero attached hydrogens (tertiary/aromatic N) is 2. The summed E-state index contributed by atoms with van der Waals surface area (Å²) in [6.45, 7) is 3.14. The van der Waals surface area contributed by atoms with E-state index in [1.54, 1.807) is 11.3 Å². The van der Waals surface area contributed by atoms with E-state index in [4.69, 9.17) is 9.47 Å². The number of aromatic nitrogens is 1. The van der Waals surface area contributed by atoms with Crippen molar-refractivity contribution in [3.05, 3.63) is 16.6 Å². The van der Waals surface area contributed by atoms with Gasteiger partial charge < -0.3 is 14.6 Å². The number of hydrogen-bond donors (Lipinski definition) is 1. The van der Waals surface area contributed by atoms with Crippen LogP contribution < -0.4 is 0 Å². The molecule has 1 saturated heterocycles. The van der Waals surface area contributed by atoms with E-state index < -0.39 is 6.10 Å². The topological polar surface area (TPSA) is 54.8 Å². The second-order valence-electron chi connectivity index (χ2n) is 5.00. The van der Waals surface area contributed by atoms with E-state index in [0.29, 0.717) is 19.8 Å². The van der Waals surface area contributed by atoms with E-state index >= 15 is 0 Å². The highest BCUT2D eigenvalue weighted by atomic mass is 32.1. The van der Waals surface area contributed by atoms with Crippen LogP contribution in [0.15, 0.2) is 10.9 Å². The second-order valence-corrected chi connectivity index (χ2v) is 5.72. The standard InChI is InChI=1S/C13H22N2O3S/c1-15(5-11-9-19-10-14-11)6-12(16)7-17-8-13-3-2-4-18-13/h9-10,12-13,16H,2-8H2,1H3/t12-,13+/m0/s1. The molecule has 2 atom stereocenters. The maximum absolute atomic E-state index is 9.90. The maximum atomic E-state index is 9.90. The first-order valence-corrected chi connectivity index (χ1v) is 7.61. The quantitative estimate of drug-likeness (QED) is 0.776. The van der Waals surface area contributed by atoms with Crippen LogP contribution in [0.5, 0.6) is 0 Å². The van der Waals surface area contributed by atoms with Crippen LogP contribution >= 0.6 is 11.3 Å². The molecular formula is C13H22N2O3S. The first kappa shape index (κ1) is 14.9. The first-order chi connectivity index (χ1) is 9.24. The molecule has 0 aromatic carbocycles. The molecule has 0 aliphatic carbocycles. The minimum absolute atomic E-state index is 0.222. The third kappa shape index (κ3) is 5.54. The van der Waals surface area contributed by atoms with Gasteiger partial charge in [0.15, 0.2) is 0 Å². The van der Waals surface area contributed by atoms with Gasteiger partial charge in [-0.3, -0.25) is 4.90 Å². The molecule has 5 nitrogen and oxygen atoms in total. The van der Waals surface area contributed by atoms with Gasteiger partial charge in [0.05, 0.1) is 36.6 Å². The summed E-state index contributed by atoms with van der Waals surface area (Å²) in [5.74, 6) is 0. The molecule has 0 amide bonds. The second kappa shape index (κ2) is 7.91. The summed E-state index contributed by atoms with van der Waals surface area (Å²) in [4.78, 5) is 6.28. The Kier molecular flexibility index (Phi) is 6.19. The Morgan fingerprint density at radius 2 is 2.58 bits per heavy atom. The van der Waals surface area contributed by atoms with Crippen molar-refractivity contribution in [1.82, 2.24) is 9.88 Å². The highest BCUT2D eigenvalue weighted by molar-refractivity contribution is 7.07. The molecule has 0 radical (unpaired) electrons. The molecule has 0 spiro atoms. The first-order valence-electron chi connectivity index (χ1n) is 6.67. The lowest BCUT2D eigenvalue weighted by molar-refractivity contribution is -0.0239. The summed E-state index contributed by atoms with van der Waals surface area (Å²) in [7, 11) is 1.97. The number of hydrogen-bond acceptors (Lipinski definition) is 6. The van der Waals surface area contributed by atoms with Gasteiger partial charge in [-0.25, -0.2) is 4.98 Å². The lowest BCUT2D eigenvalue weighted by Crippen LogP contribution is -2.32. The lowest BCUT2D eigenvalue weighted by atomic mass is 10.2. The molecule has 6 heteroatoms. The molecule has 0 saturated carbocycles. The number of aliphatic hydroxyl groups is 1. The zero-order valence-corrected chi connectivity index (χ0v) is 12.1. The van der Waals surface area contributed by atoms with Gasteiger partial charge in [0.2, 0.25) is 0 Å². The third-order valence-corrected chi connectivity index (χ3v) is 3.71. The summed E-state index contributed by atoms with van der Waals surface area (Å²) in [5, 5.41) is 11.9. The van der Waals surface area contributed by atoms with Gasteiger partial charge in [0, 0.05) is 25.1 Å². The van der Waals surface area contributed by atoms with Crippen molar-refractivity contribution in [2.24, 2.45) is 0 Å². The number of thiazole rings is 1. The predicted molar refractivity (Wildman–Crippen MR) is 74.2 cm³/mol. The van der Waals surface area contributed by atoms with Gasteiger partial charge in [-0.2, -0.15) is 0 Å². The Hall–Kier alpha value is -0.530. The van der Waals surface area contributed by atoms with E-state index in [0.717, 1.165) is 31.7 Å². The van der Waals surface area contributed by atoms with E-state index in [2.05, 4.69) is 9.88 Å². The van der Waals surface area contributed by atoms with Crippen LogP contribution in [0.3, 0.4) is 0 Å². The Balaban J connectivity index is 1.56. The van der Waals surface area contributed by atoms with Gasteiger partial charge in [-0.15, -0.1) is 11.3 Å². The maximum Gasteiger partial charge on any atom is 0.0900 e. The van der Waals surface area contributed by atoms with Gasteiger partial charge in [0.1, 0.15) is 0 Å². The Labute approximate surface area is 118 Å². The molecule has 2 rings (SSSR count). The molecule has 1 fully saturated rings. The monoisotopic (exact) mass is 286 g/mol. The molecule has 1 aromatic rings. The predicted octanol–water partition coefficient (Wildman–Crippen LogP) is 1.13. The molecule has 0 bridgehead atoms. The van der Waals surface area contributed by atoms with Crippen molar-refractivity contribution in [2.75, 3.05) is 33.4 Å². The average Bonchev–Trinajstić information content (AvgIpc) is 3.01. The van der Waals surface area contributed by atoms with Crippen molar-refractivity contribution in [2.45, 2.75) is 31.6 Å². The van der Waals surface area contributed by atoms with Crippen molar-refractivity contribution >= 4 is 11.3 Å². The molecule has 1 N–H and O–H groups in total.